The van der Waals surface area contributed by atoms with Crippen LogP contribution in [0.1, 0.15) is 15.9 Å². The van der Waals surface area contributed by atoms with Crippen LogP contribution in [0.5, 0.6) is 5.75 Å². The molecule has 116 valence electrons. The van der Waals surface area contributed by atoms with Crippen LogP contribution in [0, 0.1) is 0 Å². The zero-order valence-corrected chi connectivity index (χ0v) is 13.5. The Balaban J connectivity index is 1.66. The summed E-state index contributed by atoms with van der Waals surface area (Å²) in [6, 6.07) is 14.4. The second-order valence-corrected chi connectivity index (χ2v) is 5.91. The number of nitrogens with zero attached hydrogens (tertiary/aromatic N) is 2. The van der Waals surface area contributed by atoms with Crippen LogP contribution >= 0.6 is 22.9 Å². The molecule has 0 saturated carbocycles. The second kappa shape index (κ2) is 7.21. The van der Waals surface area contributed by atoms with Gasteiger partial charge < -0.3 is 4.74 Å². The maximum Gasteiger partial charge on any atom is 0.257 e. The molecule has 0 aliphatic heterocycles. The Morgan fingerprint density at radius 1 is 1.22 bits per heavy atom. The van der Waals surface area contributed by atoms with Crippen LogP contribution in [0.15, 0.2) is 54.0 Å². The third kappa shape index (κ3) is 4.28. The van der Waals surface area contributed by atoms with Crippen molar-refractivity contribution in [2.24, 2.45) is 0 Å². The van der Waals surface area contributed by atoms with Crippen LogP contribution in [0.4, 0.5) is 5.13 Å². The zero-order valence-electron chi connectivity index (χ0n) is 11.9. The van der Waals surface area contributed by atoms with Crippen molar-refractivity contribution < 1.29 is 9.53 Å². The van der Waals surface area contributed by atoms with Crippen molar-refractivity contribution in [3.8, 4) is 5.75 Å². The lowest BCUT2D eigenvalue weighted by Gasteiger charge is -2.08. The molecule has 23 heavy (non-hydrogen) atoms. The molecule has 0 aliphatic rings. The van der Waals surface area contributed by atoms with Gasteiger partial charge in [0.1, 0.15) is 17.9 Å². The Hall–Kier alpha value is -2.44. The molecule has 7 heteroatoms. The van der Waals surface area contributed by atoms with Crippen molar-refractivity contribution in [1.29, 1.82) is 0 Å². The second-order valence-electron chi connectivity index (χ2n) is 4.64. The number of aromatic nitrogens is 2. The molecule has 0 bridgehead atoms. The minimum Gasteiger partial charge on any atom is -0.489 e. The number of hydrogen-bond acceptors (Lipinski definition) is 5. The molecule has 0 saturated heterocycles. The fraction of sp³-hybridized carbons (Fsp3) is 0.0625. The summed E-state index contributed by atoms with van der Waals surface area (Å²) in [6.07, 6.45) is 0. The van der Waals surface area contributed by atoms with Gasteiger partial charge in [-0.25, -0.2) is 0 Å². The van der Waals surface area contributed by atoms with E-state index in [9.17, 15) is 4.79 Å². The van der Waals surface area contributed by atoms with Crippen molar-refractivity contribution in [3.63, 3.8) is 0 Å². The van der Waals surface area contributed by atoms with Gasteiger partial charge in [-0.15, -0.1) is 10.2 Å². The topological polar surface area (TPSA) is 64.1 Å². The number of halogens is 1. The molecule has 0 radical (unpaired) electrons. The lowest BCUT2D eigenvalue weighted by atomic mass is 10.2. The van der Waals surface area contributed by atoms with Crippen molar-refractivity contribution in [1.82, 2.24) is 10.2 Å². The number of nitrogens with one attached hydrogen (secondary N) is 1. The molecule has 2 aromatic carbocycles. The average molecular weight is 346 g/mol. The number of carbonyl (C=O) groups is 1. The van der Waals surface area contributed by atoms with Crippen molar-refractivity contribution in [2.75, 3.05) is 5.32 Å². The molecule has 0 fully saturated rings. The molecule has 0 spiro atoms. The summed E-state index contributed by atoms with van der Waals surface area (Å²) in [7, 11) is 0. The van der Waals surface area contributed by atoms with E-state index in [1.54, 1.807) is 29.8 Å². The van der Waals surface area contributed by atoms with E-state index in [1.807, 2.05) is 24.3 Å². The number of rotatable bonds is 5. The summed E-state index contributed by atoms with van der Waals surface area (Å²) < 4.78 is 5.71. The van der Waals surface area contributed by atoms with Crippen molar-refractivity contribution in [2.45, 2.75) is 6.61 Å². The molecule has 0 atom stereocenters. The van der Waals surface area contributed by atoms with Crippen LogP contribution in [0.2, 0.25) is 5.02 Å². The number of benzene rings is 2. The Labute approximate surface area is 141 Å². The standard InChI is InChI=1S/C16H12ClN3O2S/c17-13-5-1-3-11(7-13)9-22-14-6-2-4-12(8-14)15(21)19-16-20-18-10-23-16/h1-8,10H,9H2,(H,19,20,21). The highest BCUT2D eigenvalue weighted by molar-refractivity contribution is 7.13. The van der Waals surface area contributed by atoms with Gasteiger partial charge in [-0.3, -0.25) is 10.1 Å². The third-order valence-corrected chi connectivity index (χ3v) is 3.81. The van der Waals surface area contributed by atoms with E-state index >= 15 is 0 Å². The molecule has 1 heterocycles. The van der Waals surface area contributed by atoms with Gasteiger partial charge in [-0.1, -0.05) is 41.1 Å². The summed E-state index contributed by atoms with van der Waals surface area (Å²) in [5, 5.41) is 11.3. The van der Waals surface area contributed by atoms with E-state index in [4.69, 9.17) is 16.3 Å². The summed E-state index contributed by atoms with van der Waals surface area (Å²) in [5.74, 6) is 0.352. The molecule has 0 aliphatic carbocycles. The molecule has 0 unspecified atom stereocenters. The van der Waals surface area contributed by atoms with Gasteiger partial charge in [0.25, 0.3) is 5.91 Å². The normalized spacial score (nSPS) is 10.3. The van der Waals surface area contributed by atoms with Gasteiger partial charge >= 0.3 is 0 Å². The first kappa shape index (κ1) is 15.5. The van der Waals surface area contributed by atoms with E-state index in [0.717, 1.165) is 5.56 Å². The number of amides is 1. The van der Waals surface area contributed by atoms with E-state index in [1.165, 1.54) is 11.3 Å². The largest absolute Gasteiger partial charge is 0.489 e. The molecule has 1 N–H and O–H groups in total. The monoisotopic (exact) mass is 345 g/mol. The van der Waals surface area contributed by atoms with E-state index in [2.05, 4.69) is 15.5 Å². The lowest BCUT2D eigenvalue weighted by Crippen LogP contribution is -2.11. The highest BCUT2D eigenvalue weighted by atomic mass is 35.5. The fourth-order valence-corrected chi connectivity index (χ4v) is 2.57. The summed E-state index contributed by atoms with van der Waals surface area (Å²) in [4.78, 5) is 12.1. The number of hydrogen-bond donors (Lipinski definition) is 1. The van der Waals surface area contributed by atoms with E-state index in [0.29, 0.717) is 28.1 Å². The molecule has 3 rings (SSSR count). The fourth-order valence-electron chi connectivity index (χ4n) is 1.92. The van der Waals surface area contributed by atoms with Gasteiger partial charge in [-0.2, -0.15) is 0 Å². The van der Waals surface area contributed by atoms with Crippen LogP contribution in [-0.4, -0.2) is 16.1 Å². The number of ether oxygens (including phenoxy) is 1. The first-order valence-corrected chi connectivity index (χ1v) is 8.01. The predicted octanol–water partition coefficient (Wildman–Crippen LogP) is 4.02. The molecule has 3 aromatic rings. The smallest absolute Gasteiger partial charge is 0.257 e. The predicted molar refractivity (Wildman–Crippen MR) is 90.1 cm³/mol. The Morgan fingerprint density at radius 3 is 2.87 bits per heavy atom. The van der Waals surface area contributed by atoms with Crippen LogP contribution < -0.4 is 10.1 Å². The molecule has 1 amide bonds. The van der Waals surface area contributed by atoms with Crippen molar-refractivity contribution in [3.05, 3.63) is 70.2 Å². The molecule has 1 aromatic heterocycles. The van der Waals surface area contributed by atoms with Crippen molar-refractivity contribution >= 4 is 34.0 Å². The van der Waals surface area contributed by atoms with Gasteiger partial charge in [0, 0.05) is 10.6 Å². The van der Waals surface area contributed by atoms with Crippen LogP contribution in [0.3, 0.4) is 0 Å². The quantitative estimate of drug-likeness (QED) is 0.758. The first-order valence-electron chi connectivity index (χ1n) is 6.75. The van der Waals surface area contributed by atoms with Gasteiger partial charge in [0.2, 0.25) is 5.13 Å². The SMILES string of the molecule is O=C(Nc1nncs1)c1cccc(OCc2cccc(Cl)c2)c1. The minimum absolute atomic E-state index is 0.255. The average Bonchev–Trinajstić information content (AvgIpc) is 3.06. The van der Waals surface area contributed by atoms with Crippen LogP contribution in [-0.2, 0) is 6.61 Å². The molecular formula is C16H12ClN3O2S. The van der Waals surface area contributed by atoms with E-state index in [-0.39, 0.29) is 5.91 Å². The highest BCUT2D eigenvalue weighted by Gasteiger charge is 2.09. The summed E-state index contributed by atoms with van der Waals surface area (Å²) >= 11 is 7.20. The maximum atomic E-state index is 12.1. The van der Waals surface area contributed by atoms with Crippen LogP contribution in [0.25, 0.3) is 0 Å². The third-order valence-electron chi connectivity index (χ3n) is 2.97. The summed E-state index contributed by atoms with van der Waals surface area (Å²) in [5.41, 5.74) is 3.00. The maximum absolute atomic E-state index is 12.1. The van der Waals surface area contributed by atoms with Gasteiger partial charge in [-0.05, 0) is 35.9 Å². The number of carbonyl (C=O) groups excluding carboxylic acids is 1. The minimum atomic E-state index is -0.255. The van der Waals surface area contributed by atoms with E-state index < -0.39 is 0 Å². The molecular weight excluding hydrogens is 334 g/mol. The molecule has 5 nitrogen and oxygen atoms in total. The summed E-state index contributed by atoms with van der Waals surface area (Å²) in [6.45, 7) is 0.377. The first-order chi connectivity index (χ1) is 11.2. The highest BCUT2D eigenvalue weighted by Crippen LogP contribution is 2.18. The zero-order chi connectivity index (χ0) is 16.1. The lowest BCUT2D eigenvalue weighted by molar-refractivity contribution is 0.102. The van der Waals surface area contributed by atoms with Gasteiger partial charge in [0.15, 0.2) is 0 Å². The Bertz CT molecular complexity index is 809. The Morgan fingerprint density at radius 2 is 2.09 bits per heavy atom. The Kier molecular flexibility index (Phi) is 4.85. The van der Waals surface area contributed by atoms with Gasteiger partial charge in [0.05, 0.1) is 0 Å². The number of anilines is 1.